The molecule has 1 unspecified atom stereocenters. The quantitative estimate of drug-likeness (QED) is 0.819. The Labute approximate surface area is 113 Å². The highest BCUT2D eigenvalue weighted by atomic mass is 15.1. The predicted molar refractivity (Wildman–Crippen MR) is 78.3 cm³/mol. The largest absolute Gasteiger partial charge is 0.361 e. The summed E-state index contributed by atoms with van der Waals surface area (Å²) >= 11 is 0. The van der Waals surface area contributed by atoms with Crippen molar-refractivity contribution in [3.63, 3.8) is 0 Å². The van der Waals surface area contributed by atoms with Crippen molar-refractivity contribution in [3.05, 3.63) is 35.5 Å². The van der Waals surface area contributed by atoms with E-state index in [1.807, 2.05) is 0 Å². The fourth-order valence-corrected chi connectivity index (χ4v) is 4.22. The van der Waals surface area contributed by atoms with Gasteiger partial charge in [0.15, 0.2) is 0 Å². The number of fused-ring (bicyclic) bond motifs is 2. The van der Waals surface area contributed by atoms with Gasteiger partial charge in [-0.3, -0.25) is 0 Å². The molecule has 19 heavy (non-hydrogen) atoms. The second-order valence-corrected chi connectivity index (χ2v) is 6.24. The lowest BCUT2D eigenvalue weighted by atomic mass is 9.72. The second kappa shape index (κ2) is 4.09. The number of H-pyrrole nitrogens is 1. The molecule has 0 spiro atoms. The summed E-state index contributed by atoms with van der Waals surface area (Å²) in [6.07, 6.45) is 4.62. The van der Waals surface area contributed by atoms with Crippen LogP contribution >= 0.6 is 0 Å². The number of nitrogens with two attached hydrogens (primary N) is 1. The Balaban J connectivity index is 1.86. The van der Waals surface area contributed by atoms with Crippen LogP contribution in [0.4, 0.5) is 0 Å². The molecule has 0 amide bonds. The highest BCUT2D eigenvalue weighted by Gasteiger charge is 2.38. The maximum Gasteiger partial charge on any atom is 0.0459 e. The van der Waals surface area contributed by atoms with Gasteiger partial charge in [0.05, 0.1) is 0 Å². The van der Waals surface area contributed by atoms with E-state index in [-0.39, 0.29) is 0 Å². The minimum atomic E-state index is 0.641. The summed E-state index contributed by atoms with van der Waals surface area (Å²) in [4.78, 5) is 5.95. The van der Waals surface area contributed by atoms with Crippen LogP contribution in [0, 0.1) is 5.92 Å². The maximum atomic E-state index is 5.93. The Hall–Kier alpha value is -1.32. The van der Waals surface area contributed by atoms with Crippen LogP contribution in [0.3, 0.4) is 0 Å². The van der Waals surface area contributed by atoms with E-state index in [0.29, 0.717) is 17.9 Å². The molecule has 3 heteroatoms. The van der Waals surface area contributed by atoms with Crippen molar-refractivity contribution < 1.29 is 0 Å². The molecule has 1 aromatic carbocycles. The molecule has 1 aliphatic heterocycles. The van der Waals surface area contributed by atoms with Crippen LogP contribution in [-0.4, -0.2) is 36.1 Å². The van der Waals surface area contributed by atoms with Crippen molar-refractivity contribution in [2.24, 2.45) is 11.7 Å². The Bertz CT molecular complexity index is 615. The molecule has 2 aliphatic rings. The Kier molecular flexibility index (Phi) is 2.47. The zero-order valence-electron chi connectivity index (χ0n) is 11.4. The highest BCUT2D eigenvalue weighted by molar-refractivity contribution is 5.88. The van der Waals surface area contributed by atoms with Gasteiger partial charge in [-0.05, 0) is 49.5 Å². The molecule has 100 valence electrons. The van der Waals surface area contributed by atoms with Crippen molar-refractivity contribution in [2.75, 3.05) is 20.1 Å². The second-order valence-electron chi connectivity index (χ2n) is 6.24. The van der Waals surface area contributed by atoms with Crippen LogP contribution in [-0.2, 0) is 6.42 Å². The first-order valence-electron chi connectivity index (χ1n) is 7.27. The molecule has 0 bridgehead atoms. The molecule has 1 aliphatic carbocycles. The van der Waals surface area contributed by atoms with E-state index in [2.05, 4.69) is 41.3 Å². The average Bonchev–Trinajstić information content (AvgIpc) is 2.85. The number of piperidine rings is 1. The third kappa shape index (κ3) is 1.58. The van der Waals surface area contributed by atoms with Gasteiger partial charge in [-0.2, -0.15) is 0 Å². The van der Waals surface area contributed by atoms with Crippen molar-refractivity contribution in [1.29, 1.82) is 0 Å². The summed E-state index contributed by atoms with van der Waals surface area (Å²) in [5.41, 5.74) is 10.2. The van der Waals surface area contributed by atoms with Gasteiger partial charge in [0.2, 0.25) is 0 Å². The van der Waals surface area contributed by atoms with Gasteiger partial charge >= 0.3 is 0 Å². The van der Waals surface area contributed by atoms with Crippen LogP contribution in [0.1, 0.15) is 23.5 Å². The summed E-state index contributed by atoms with van der Waals surface area (Å²) in [6, 6.07) is 7.35. The minimum absolute atomic E-state index is 0.641. The lowest BCUT2D eigenvalue weighted by Gasteiger charge is -2.45. The number of hydrogen-bond donors (Lipinski definition) is 2. The van der Waals surface area contributed by atoms with Crippen molar-refractivity contribution in [1.82, 2.24) is 9.88 Å². The van der Waals surface area contributed by atoms with Crippen molar-refractivity contribution in [2.45, 2.75) is 24.8 Å². The van der Waals surface area contributed by atoms with Crippen LogP contribution < -0.4 is 5.73 Å². The molecule has 4 rings (SSSR count). The van der Waals surface area contributed by atoms with Gasteiger partial charge in [-0.15, -0.1) is 0 Å². The molecule has 1 fully saturated rings. The lowest BCUT2D eigenvalue weighted by Crippen LogP contribution is -2.49. The predicted octanol–water partition coefficient (Wildman–Crippen LogP) is 2.09. The van der Waals surface area contributed by atoms with Crippen molar-refractivity contribution in [3.8, 4) is 0 Å². The maximum absolute atomic E-state index is 5.93. The first-order chi connectivity index (χ1) is 9.28. The Morgan fingerprint density at radius 1 is 1.42 bits per heavy atom. The molecule has 2 heterocycles. The number of likely N-dealkylation sites (tertiary alicyclic amines) is 1. The van der Waals surface area contributed by atoms with Crippen LogP contribution in [0.5, 0.6) is 0 Å². The third-order valence-corrected chi connectivity index (χ3v) is 5.15. The Morgan fingerprint density at radius 3 is 3.16 bits per heavy atom. The number of nitrogens with one attached hydrogen (secondary N) is 1. The van der Waals surface area contributed by atoms with Crippen molar-refractivity contribution >= 4 is 10.9 Å². The number of hydrogen-bond acceptors (Lipinski definition) is 2. The van der Waals surface area contributed by atoms with E-state index in [4.69, 9.17) is 5.73 Å². The standard InChI is InChI=1S/C16H21N3/c1-19-9-10(7-17)5-13-12-3-2-4-14-16(12)11(8-18-14)6-15(13)19/h2-4,8,10,13,15,18H,5-7,9,17H2,1H3/t10?,13-,15-/m1/s1. The van der Waals surface area contributed by atoms with E-state index < -0.39 is 0 Å². The lowest BCUT2D eigenvalue weighted by molar-refractivity contribution is 0.115. The first-order valence-corrected chi connectivity index (χ1v) is 7.27. The number of nitrogens with zero attached hydrogens (tertiary/aromatic N) is 1. The van der Waals surface area contributed by atoms with Gasteiger partial charge in [0.1, 0.15) is 0 Å². The normalized spacial score (nSPS) is 30.5. The van der Waals surface area contributed by atoms with Gasteiger partial charge < -0.3 is 15.6 Å². The first kappa shape index (κ1) is 11.5. The fraction of sp³-hybridized carbons (Fsp3) is 0.500. The number of aromatic amines is 1. The SMILES string of the molecule is CN1CC(CN)C[C@@H]2c3cccc4[nH]cc(c34)C[C@H]21. The van der Waals surface area contributed by atoms with E-state index in [1.165, 1.54) is 34.9 Å². The van der Waals surface area contributed by atoms with E-state index in [0.717, 1.165) is 13.1 Å². The smallest absolute Gasteiger partial charge is 0.0459 e. The Morgan fingerprint density at radius 2 is 2.32 bits per heavy atom. The summed E-state index contributed by atoms with van der Waals surface area (Å²) in [5, 5.41) is 1.48. The summed E-state index contributed by atoms with van der Waals surface area (Å²) in [5.74, 6) is 1.29. The topological polar surface area (TPSA) is 45.0 Å². The zero-order chi connectivity index (χ0) is 13.0. The fourth-order valence-electron chi connectivity index (χ4n) is 4.22. The summed E-state index contributed by atoms with van der Waals surface area (Å²) in [7, 11) is 2.26. The summed E-state index contributed by atoms with van der Waals surface area (Å²) < 4.78 is 0. The van der Waals surface area contributed by atoms with Gasteiger partial charge in [0, 0.05) is 35.6 Å². The average molecular weight is 255 g/mol. The minimum Gasteiger partial charge on any atom is -0.361 e. The number of rotatable bonds is 1. The molecule has 1 saturated heterocycles. The third-order valence-electron chi connectivity index (χ3n) is 5.15. The molecule has 0 radical (unpaired) electrons. The van der Waals surface area contributed by atoms with Gasteiger partial charge in [0.25, 0.3) is 0 Å². The molecule has 2 aromatic rings. The summed E-state index contributed by atoms with van der Waals surface area (Å²) in [6.45, 7) is 1.96. The number of likely N-dealkylation sites (N-methyl/N-ethyl adjacent to an activating group) is 1. The van der Waals surface area contributed by atoms with E-state index >= 15 is 0 Å². The van der Waals surface area contributed by atoms with Gasteiger partial charge in [-0.1, -0.05) is 12.1 Å². The van der Waals surface area contributed by atoms with E-state index in [9.17, 15) is 0 Å². The van der Waals surface area contributed by atoms with Crippen LogP contribution in [0.2, 0.25) is 0 Å². The molecule has 1 aromatic heterocycles. The van der Waals surface area contributed by atoms with E-state index in [1.54, 1.807) is 0 Å². The highest BCUT2D eigenvalue weighted by Crippen LogP contribution is 2.43. The molecule has 3 atom stereocenters. The molecule has 3 N–H and O–H groups in total. The molecule has 0 saturated carbocycles. The van der Waals surface area contributed by atoms with Crippen LogP contribution in [0.25, 0.3) is 10.9 Å². The molecular weight excluding hydrogens is 234 g/mol. The number of aromatic nitrogens is 1. The number of benzene rings is 1. The zero-order valence-corrected chi connectivity index (χ0v) is 11.4. The monoisotopic (exact) mass is 255 g/mol. The molecular formula is C16H21N3. The van der Waals surface area contributed by atoms with Gasteiger partial charge in [-0.25, -0.2) is 0 Å². The van der Waals surface area contributed by atoms with Crippen LogP contribution in [0.15, 0.2) is 24.4 Å². The molecule has 3 nitrogen and oxygen atoms in total.